The van der Waals surface area contributed by atoms with Gasteiger partial charge in [-0.3, -0.25) is 0 Å². The largest absolute Gasteiger partial charge is 0.478 e. The van der Waals surface area contributed by atoms with E-state index in [4.69, 9.17) is 22.4 Å². The van der Waals surface area contributed by atoms with Gasteiger partial charge in [-0.2, -0.15) is 0 Å². The van der Waals surface area contributed by atoms with E-state index in [1.54, 1.807) is 37.3 Å². The molecular formula is C12H14ClNO2. The van der Waals surface area contributed by atoms with Crippen LogP contribution in [0.2, 0.25) is 0 Å². The molecule has 0 saturated carbocycles. The molecule has 3 N–H and O–H groups in total. The summed E-state index contributed by atoms with van der Waals surface area (Å²) in [6, 6.07) is 7.01. The number of aliphatic carboxylic acids is 1. The van der Waals surface area contributed by atoms with E-state index in [9.17, 15) is 4.79 Å². The second-order valence-corrected chi connectivity index (χ2v) is 4.37. The van der Waals surface area contributed by atoms with Crippen LogP contribution in [0.3, 0.4) is 0 Å². The number of nitrogens with two attached hydrogens (primary N) is 1. The maximum atomic E-state index is 11.0. The number of halogens is 1. The van der Waals surface area contributed by atoms with Crippen LogP contribution >= 0.6 is 11.6 Å². The van der Waals surface area contributed by atoms with E-state index in [1.807, 2.05) is 0 Å². The highest BCUT2D eigenvalue weighted by Gasteiger charge is 2.10. The fourth-order valence-electron chi connectivity index (χ4n) is 1.30. The summed E-state index contributed by atoms with van der Waals surface area (Å²) in [6.45, 7) is 1.77. The summed E-state index contributed by atoms with van der Waals surface area (Å²) in [5.41, 5.74) is 7.30. The van der Waals surface area contributed by atoms with Gasteiger partial charge >= 0.3 is 5.97 Å². The predicted octanol–water partition coefficient (Wildman–Crippen LogP) is 2.75. The Morgan fingerprint density at radius 3 is 2.50 bits per heavy atom. The molecular weight excluding hydrogens is 226 g/mol. The molecule has 4 heteroatoms. The Bertz CT molecular complexity index is 396. The number of anilines is 1. The van der Waals surface area contributed by atoms with Crippen LogP contribution < -0.4 is 5.73 Å². The summed E-state index contributed by atoms with van der Waals surface area (Å²) < 4.78 is 0. The first kappa shape index (κ1) is 12.6. The van der Waals surface area contributed by atoms with Crippen molar-refractivity contribution in [3.05, 3.63) is 35.4 Å². The number of carboxylic acid groups (broad SMARTS) is 1. The van der Waals surface area contributed by atoms with Crippen LogP contribution in [0.1, 0.15) is 18.9 Å². The molecule has 0 bridgehead atoms. The molecule has 0 aliphatic carbocycles. The predicted molar refractivity (Wildman–Crippen MR) is 66.4 cm³/mol. The minimum Gasteiger partial charge on any atom is -0.478 e. The van der Waals surface area contributed by atoms with Crippen molar-refractivity contribution in [3.8, 4) is 0 Å². The SMILES string of the molecule is CC(Cl)CC(=Cc1ccc(N)cc1)C(=O)O. The Labute approximate surface area is 99.5 Å². The highest BCUT2D eigenvalue weighted by Crippen LogP contribution is 2.16. The Balaban J connectivity index is 2.93. The number of hydrogen-bond acceptors (Lipinski definition) is 2. The van der Waals surface area contributed by atoms with Crippen LogP contribution in [-0.2, 0) is 4.79 Å². The van der Waals surface area contributed by atoms with E-state index >= 15 is 0 Å². The van der Waals surface area contributed by atoms with Crippen molar-refractivity contribution in [2.24, 2.45) is 0 Å². The normalized spacial score (nSPS) is 13.5. The van der Waals surface area contributed by atoms with E-state index in [0.717, 1.165) is 5.56 Å². The number of benzene rings is 1. The molecule has 1 atom stereocenters. The van der Waals surface area contributed by atoms with Gasteiger partial charge in [-0.25, -0.2) is 4.79 Å². The third-order valence-electron chi connectivity index (χ3n) is 2.05. The molecule has 0 heterocycles. The maximum Gasteiger partial charge on any atom is 0.331 e. The standard InChI is InChI=1S/C12H14ClNO2/c1-8(13)6-10(12(15)16)7-9-2-4-11(14)5-3-9/h2-5,7-8H,6,14H2,1H3,(H,15,16). The molecule has 3 nitrogen and oxygen atoms in total. The van der Waals surface area contributed by atoms with Gasteiger partial charge in [0.15, 0.2) is 0 Å². The summed E-state index contributed by atoms with van der Waals surface area (Å²) >= 11 is 5.78. The van der Waals surface area contributed by atoms with Crippen LogP contribution in [0.5, 0.6) is 0 Å². The molecule has 16 heavy (non-hydrogen) atoms. The summed E-state index contributed by atoms with van der Waals surface area (Å²) in [7, 11) is 0. The lowest BCUT2D eigenvalue weighted by atomic mass is 10.1. The van der Waals surface area contributed by atoms with Gasteiger partial charge in [0, 0.05) is 16.6 Å². The molecule has 0 saturated heterocycles. The average molecular weight is 240 g/mol. The Hall–Kier alpha value is -1.48. The van der Waals surface area contributed by atoms with Gasteiger partial charge in [0.25, 0.3) is 0 Å². The Morgan fingerprint density at radius 1 is 1.50 bits per heavy atom. The zero-order valence-corrected chi connectivity index (χ0v) is 9.74. The fourth-order valence-corrected chi connectivity index (χ4v) is 1.47. The highest BCUT2D eigenvalue weighted by molar-refractivity contribution is 6.20. The van der Waals surface area contributed by atoms with Gasteiger partial charge < -0.3 is 10.8 Å². The van der Waals surface area contributed by atoms with E-state index in [0.29, 0.717) is 17.7 Å². The van der Waals surface area contributed by atoms with Crippen LogP contribution in [0.15, 0.2) is 29.8 Å². The number of nitrogen functional groups attached to an aromatic ring is 1. The van der Waals surface area contributed by atoms with E-state index in [1.165, 1.54) is 0 Å². The minimum atomic E-state index is -0.940. The number of carbonyl (C=O) groups is 1. The average Bonchev–Trinajstić information content (AvgIpc) is 2.19. The van der Waals surface area contributed by atoms with Crippen molar-refractivity contribution in [2.75, 3.05) is 5.73 Å². The molecule has 0 radical (unpaired) electrons. The molecule has 0 amide bonds. The van der Waals surface area contributed by atoms with Crippen LogP contribution in [0.4, 0.5) is 5.69 Å². The molecule has 86 valence electrons. The van der Waals surface area contributed by atoms with Gasteiger partial charge in [-0.1, -0.05) is 12.1 Å². The lowest BCUT2D eigenvalue weighted by Crippen LogP contribution is -2.05. The first-order valence-corrected chi connectivity index (χ1v) is 5.36. The van der Waals surface area contributed by atoms with E-state index in [-0.39, 0.29) is 5.38 Å². The maximum absolute atomic E-state index is 11.0. The van der Waals surface area contributed by atoms with Gasteiger partial charge in [-0.05, 0) is 37.1 Å². The van der Waals surface area contributed by atoms with Crippen molar-refractivity contribution in [2.45, 2.75) is 18.7 Å². The van der Waals surface area contributed by atoms with Crippen molar-refractivity contribution in [1.29, 1.82) is 0 Å². The third-order valence-corrected chi connectivity index (χ3v) is 2.21. The number of hydrogen-bond donors (Lipinski definition) is 2. The summed E-state index contributed by atoms with van der Waals surface area (Å²) in [4.78, 5) is 11.0. The van der Waals surface area contributed by atoms with E-state index < -0.39 is 5.97 Å². The lowest BCUT2D eigenvalue weighted by Gasteiger charge is -2.04. The summed E-state index contributed by atoms with van der Waals surface area (Å²) in [5.74, 6) is -0.940. The smallest absolute Gasteiger partial charge is 0.331 e. The van der Waals surface area contributed by atoms with Gasteiger partial charge in [0.1, 0.15) is 0 Å². The molecule has 1 unspecified atom stereocenters. The number of rotatable bonds is 4. The minimum absolute atomic E-state index is 0.198. The van der Waals surface area contributed by atoms with Crippen LogP contribution in [0, 0.1) is 0 Å². The molecule has 0 aliphatic heterocycles. The first-order valence-electron chi connectivity index (χ1n) is 4.92. The molecule has 0 aliphatic rings. The zero-order chi connectivity index (χ0) is 12.1. The number of alkyl halides is 1. The summed E-state index contributed by atoms with van der Waals surface area (Å²) in [5, 5.41) is 8.79. The molecule has 0 spiro atoms. The number of carboxylic acids is 1. The topological polar surface area (TPSA) is 63.3 Å². The molecule has 0 aromatic heterocycles. The Kier molecular flexibility index (Phi) is 4.38. The first-order chi connectivity index (χ1) is 7.49. The lowest BCUT2D eigenvalue weighted by molar-refractivity contribution is -0.132. The summed E-state index contributed by atoms with van der Waals surface area (Å²) in [6.07, 6.45) is 1.95. The molecule has 0 fully saturated rings. The van der Waals surface area contributed by atoms with Crippen molar-refractivity contribution >= 4 is 29.3 Å². The second-order valence-electron chi connectivity index (χ2n) is 3.63. The van der Waals surface area contributed by atoms with Gasteiger partial charge in [0.2, 0.25) is 0 Å². The zero-order valence-electron chi connectivity index (χ0n) is 8.98. The van der Waals surface area contributed by atoms with Crippen LogP contribution in [0.25, 0.3) is 6.08 Å². The van der Waals surface area contributed by atoms with Crippen molar-refractivity contribution in [3.63, 3.8) is 0 Å². The quantitative estimate of drug-likeness (QED) is 0.482. The van der Waals surface area contributed by atoms with Gasteiger partial charge in [-0.15, -0.1) is 11.6 Å². The molecule has 1 rings (SSSR count). The van der Waals surface area contributed by atoms with Crippen molar-refractivity contribution < 1.29 is 9.90 Å². The molecule has 1 aromatic rings. The molecule has 1 aromatic carbocycles. The third kappa shape index (κ3) is 3.95. The van der Waals surface area contributed by atoms with E-state index in [2.05, 4.69) is 0 Å². The van der Waals surface area contributed by atoms with Crippen molar-refractivity contribution in [1.82, 2.24) is 0 Å². The monoisotopic (exact) mass is 239 g/mol. The Morgan fingerprint density at radius 2 is 2.06 bits per heavy atom. The van der Waals surface area contributed by atoms with Crippen LogP contribution in [-0.4, -0.2) is 16.5 Å². The van der Waals surface area contributed by atoms with Gasteiger partial charge in [0.05, 0.1) is 0 Å². The highest BCUT2D eigenvalue weighted by atomic mass is 35.5. The fraction of sp³-hybridized carbons (Fsp3) is 0.250. The second kappa shape index (κ2) is 5.56.